The van der Waals surface area contributed by atoms with Crippen molar-refractivity contribution in [2.45, 2.75) is 11.8 Å². The number of hydrogen-bond donors (Lipinski definition) is 3. The first kappa shape index (κ1) is 21.7. The zero-order valence-corrected chi connectivity index (χ0v) is 18.8. The fourth-order valence-electron chi connectivity index (χ4n) is 3.13. The molecule has 4 rings (SSSR count). The first-order chi connectivity index (χ1) is 15.4. The molecule has 8 nitrogen and oxygen atoms in total. The molecule has 2 aromatic heterocycles. The Morgan fingerprint density at radius 2 is 1.75 bits per heavy atom. The van der Waals surface area contributed by atoms with Gasteiger partial charge in [0.25, 0.3) is 10.0 Å². The van der Waals surface area contributed by atoms with Gasteiger partial charge < -0.3 is 10.6 Å². The molecule has 0 radical (unpaired) electrons. The van der Waals surface area contributed by atoms with E-state index in [-0.39, 0.29) is 11.4 Å². The van der Waals surface area contributed by atoms with Crippen LogP contribution in [0.15, 0.2) is 71.2 Å². The van der Waals surface area contributed by atoms with Crippen LogP contribution in [0, 0.1) is 6.92 Å². The van der Waals surface area contributed by atoms with Crippen LogP contribution in [0.2, 0.25) is 0 Å². The maximum absolute atomic E-state index is 12.3. The first-order valence-corrected chi connectivity index (χ1v) is 12.2. The SMILES string of the molecule is Cc1ccc(S(=O)(=O)NC(=O)NCCNc2ncnc3scc(-c4ccccc4)c23)cc1. The van der Waals surface area contributed by atoms with Crippen molar-refractivity contribution in [1.29, 1.82) is 0 Å². The number of nitrogens with one attached hydrogen (secondary N) is 3. The van der Waals surface area contributed by atoms with Crippen molar-refractivity contribution in [2.24, 2.45) is 0 Å². The number of aryl methyl sites for hydroxylation is 1. The Morgan fingerprint density at radius 1 is 1.00 bits per heavy atom. The molecular weight excluding hydrogens is 446 g/mol. The number of nitrogens with zero attached hydrogens (tertiary/aromatic N) is 2. The summed E-state index contributed by atoms with van der Waals surface area (Å²) in [4.78, 5) is 21.6. The van der Waals surface area contributed by atoms with E-state index >= 15 is 0 Å². The highest BCUT2D eigenvalue weighted by Crippen LogP contribution is 2.36. The summed E-state index contributed by atoms with van der Waals surface area (Å²) in [5.74, 6) is 0.657. The topological polar surface area (TPSA) is 113 Å². The van der Waals surface area contributed by atoms with Gasteiger partial charge in [-0.2, -0.15) is 0 Å². The molecule has 0 bridgehead atoms. The van der Waals surface area contributed by atoms with Crippen molar-refractivity contribution in [3.8, 4) is 11.1 Å². The van der Waals surface area contributed by atoms with E-state index in [1.54, 1.807) is 12.1 Å². The van der Waals surface area contributed by atoms with Gasteiger partial charge in [0.2, 0.25) is 0 Å². The molecule has 0 aliphatic heterocycles. The van der Waals surface area contributed by atoms with Crippen molar-refractivity contribution in [2.75, 3.05) is 18.4 Å². The van der Waals surface area contributed by atoms with Crippen LogP contribution >= 0.6 is 11.3 Å². The molecule has 0 aliphatic rings. The van der Waals surface area contributed by atoms with Gasteiger partial charge in [0.1, 0.15) is 17.0 Å². The number of thiophene rings is 1. The van der Waals surface area contributed by atoms with E-state index in [0.29, 0.717) is 12.4 Å². The predicted octanol–water partition coefficient (Wildman–Crippen LogP) is 3.77. The third kappa shape index (κ3) is 4.87. The van der Waals surface area contributed by atoms with Gasteiger partial charge in [0.05, 0.1) is 10.3 Å². The van der Waals surface area contributed by atoms with Crippen molar-refractivity contribution in [1.82, 2.24) is 20.0 Å². The van der Waals surface area contributed by atoms with E-state index in [0.717, 1.165) is 26.9 Å². The zero-order valence-electron chi connectivity index (χ0n) is 17.2. The summed E-state index contributed by atoms with van der Waals surface area (Å²) in [5, 5.41) is 8.70. The number of hydrogen-bond acceptors (Lipinski definition) is 7. The van der Waals surface area contributed by atoms with E-state index in [2.05, 4.69) is 20.6 Å². The molecule has 0 fully saturated rings. The lowest BCUT2D eigenvalue weighted by atomic mass is 10.1. The normalized spacial score (nSPS) is 11.3. The predicted molar refractivity (Wildman–Crippen MR) is 126 cm³/mol. The number of anilines is 1. The van der Waals surface area contributed by atoms with Gasteiger partial charge >= 0.3 is 6.03 Å². The second-order valence-electron chi connectivity index (χ2n) is 7.02. The largest absolute Gasteiger partial charge is 0.368 e. The van der Waals surface area contributed by atoms with Gasteiger partial charge in [-0.1, -0.05) is 48.0 Å². The highest BCUT2D eigenvalue weighted by molar-refractivity contribution is 7.90. The maximum atomic E-state index is 12.3. The Labute approximate surface area is 189 Å². The molecule has 0 aliphatic carbocycles. The van der Waals surface area contributed by atoms with Gasteiger partial charge in [-0.3, -0.25) is 0 Å². The summed E-state index contributed by atoms with van der Waals surface area (Å²) < 4.78 is 26.6. The fraction of sp³-hybridized carbons (Fsp3) is 0.136. The molecule has 10 heteroatoms. The molecule has 0 spiro atoms. The molecule has 0 unspecified atom stereocenters. The molecule has 2 heterocycles. The third-order valence-corrected chi connectivity index (χ3v) is 6.95. The van der Waals surface area contributed by atoms with Crippen LogP contribution in [-0.4, -0.2) is 37.5 Å². The molecule has 164 valence electrons. The van der Waals surface area contributed by atoms with Crippen LogP contribution in [0.3, 0.4) is 0 Å². The number of amides is 2. The quantitative estimate of drug-likeness (QED) is 0.357. The van der Waals surface area contributed by atoms with Crippen molar-refractivity contribution in [3.05, 3.63) is 71.9 Å². The molecule has 4 aromatic rings. The minimum absolute atomic E-state index is 0.0330. The number of sulfonamides is 1. The second kappa shape index (κ2) is 9.33. The van der Waals surface area contributed by atoms with Crippen LogP contribution in [0.1, 0.15) is 5.56 Å². The molecule has 0 saturated carbocycles. The van der Waals surface area contributed by atoms with Crippen LogP contribution in [-0.2, 0) is 10.0 Å². The summed E-state index contributed by atoms with van der Waals surface area (Å²) in [6.07, 6.45) is 1.49. The van der Waals surface area contributed by atoms with Crippen LogP contribution in [0.5, 0.6) is 0 Å². The molecule has 2 amide bonds. The molecule has 2 aromatic carbocycles. The standard InChI is InChI=1S/C22H21N5O3S2/c1-15-7-9-17(10-8-15)32(29,30)27-22(28)24-12-11-23-20-19-18(16-5-3-2-4-6-16)13-31-21(19)26-14-25-20/h2-10,13-14H,11-12H2,1H3,(H,23,25,26)(H2,24,27,28). The summed E-state index contributed by atoms with van der Waals surface area (Å²) >= 11 is 1.53. The van der Waals surface area contributed by atoms with Crippen LogP contribution in [0.25, 0.3) is 21.3 Å². The smallest absolute Gasteiger partial charge is 0.328 e. The van der Waals surface area contributed by atoms with Gasteiger partial charge in [0.15, 0.2) is 0 Å². The monoisotopic (exact) mass is 467 g/mol. The Balaban J connectivity index is 1.37. The number of aromatic nitrogens is 2. The lowest BCUT2D eigenvalue weighted by Crippen LogP contribution is -2.41. The molecule has 0 saturated heterocycles. The Bertz CT molecular complexity index is 1340. The summed E-state index contributed by atoms with van der Waals surface area (Å²) in [6.45, 7) is 2.41. The summed E-state index contributed by atoms with van der Waals surface area (Å²) in [7, 11) is -3.92. The van der Waals surface area contributed by atoms with E-state index in [1.165, 1.54) is 29.8 Å². The average Bonchev–Trinajstić information content (AvgIpc) is 3.22. The number of benzene rings is 2. The van der Waals surface area contributed by atoms with Gasteiger partial charge in [-0.15, -0.1) is 11.3 Å². The molecule has 3 N–H and O–H groups in total. The van der Waals surface area contributed by atoms with Crippen LogP contribution in [0.4, 0.5) is 10.6 Å². The Hall–Kier alpha value is -3.50. The van der Waals surface area contributed by atoms with E-state index in [1.807, 2.05) is 47.4 Å². The van der Waals surface area contributed by atoms with Crippen molar-refractivity contribution in [3.63, 3.8) is 0 Å². The maximum Gasteiger partial charge on any atom is 0.328 e. The minimum atomic E-state index is -3.92. The second-order valence-corrected chi connectivity index (χ2v) is 9.56. The van der Waals surface area contributed by atoms with Gasteiger partial charge in [-0.05, 0) is 24.6 Å². The first-order valence-electron chi connectivity index (χ1n) is 9.83. The van der Waals surface area contributed by atoms with Gasteiger partial charge in [0, 0.05) is 24.0 Å². The van der Waals surface area contributed by atoms with Crippen LogP contribution < -0.4 is 15.4 Å². The number of fused-ring (bicyclic) bond motifs is 1. The van der Waals surface area contributed by atoms with Crippen molar-refractivity contribution < 1.29 is 13.2 Å². The fourth-order valence-corrected chi connectivity index (χ4v) is 4.98. The minimum Gasteiger partial charge on any atom is -0.368 e. The highest BCUT2D eigenvalue weighted by Gasteiger charge is 2.17. The number of urea groups is 1. The van der Waals surface area contributed by atoms with Crippen molar-refractivity contribution >= 4 is 43.4 Å². The van der Waals surface area contributed by atoms with E-state index in [9.17, 15) is 13.2 Å². The van der Waals surface area contributed by atoms with E-state index in [4.69, 9.17) is 0 Å². The highest BCUT2D eigenvalue weighted by atomic mass is 32.2. The number of rotatable bonds is 7. The summed E-state index contributed by atoms with van der Waals surface area (Å²) in [5.41, 5.74) is 3.03. The Kier molecular flexibility index (Phi) is 6.33. The average molecular weight is 468 g/mol. The lowest BCUT2D eigenvalue weighted by molar-refractivity contribution is 0.246. The molecule has 0 atom stereocenters. The third-order valence-electron chi connectivity index (χ3n) is 4.72. The van der Waals surface area contributed by atoms with Gasteiger partial charge in [-0.25, -0.2) is 27.9 Å². The zero-order chi connectivity index (χ0) is 22.6. The Morgan fingerprint density at radius 3 is 2.50 bits per heavy atom. The molecule has 32 heavy (non-hydrogen) atoms. The molecular formula is C22H21N5O3S2. The lowest BCUT2D eigenvalue weighted by Gasteiger charge is -2.11. The van der Waals surface area contributed by atoms with E-state index < -0.39 is 16.1 Å². The number of carbonyl (C=O) groups is 1. The number of carbonyl (C=O) groups excluding carboxylic acids is 1. The summed E-state index contributed by atoms with van der Waals surface area (Å²) in [6, 6.07) is 15.4.